The molecule has 0 aromatic heterocycles. The number of hydrazone groups is 1. The first kappa shape index (κ1) is 19.0. The highest BCUT2D eigenvalue weighted by Gasteiger charge is 2.32. The predicted octanol–water partition coefficient (Wildman–Crippen LogP) is 3.66. The van der Waals surface area contributed by atoms with E-state index in [0.717, 1.165) is 17.2 Å². The first-order valence-electron chi connectivity index (χ1n) is 7.89. The number of hydrogen-bond donors (Lipinski definition) is 2. The second-order valence-electron chi connectivity index (χ2n) is 5.67. The number of carbonyl (C=O) groups excluding carboxylic acids is 2. The molecule has 0 saturated heterocycles. The molecule has 0 spiro atoms. The zero-order valence-electron chi connectivity index (χ0n) is 13.8. The lowest BCUT2D eigenvalue weighted by Crippen LogP contribution is -2.33. The van der Waals surface area contributed by atoms with Crippen LogP contribution in [0.5, 0.6) is 0 Å². The molecule has 0 fully saturated rings. The number of amides is 2. The summed E-state index contributed by atoms with van der Waals surface area (Å²) >= 11 is 1.26. The second-order valence-corrected chi connectivity index (χ2v) is 6.92. The molecule has 140 valence electrons. The molecule has 0 radical (unpaired) electrons. The van der Waals surface area contributed by atoms with E-state index >= 15 is 0 Å². The fourth-order valence-electron chi connectivity index (χ4n) is 2.48. The van der Waals surface area contributed by atoms with Crippen LogP contribution in [0.25, 0.3) is 0 Å². The number of alkyl halides is 3. The van der Waals surface area contributed by atoms with Crippen molar-refractivity contribution in [3.63, 3.8) is 0 Å². The number of anilines is 1. The van der Waals surface area contributed by atoms with E-state index in [1.807, 2.05) is 12.1 Å². The highest BCUT2D eigenvalue weighted by atomic mass is 32.2. The molecule has 0 aliphatic carbocycles. The number of nitrogens with one attached hydrogen (secondary N) is 2. The van der Waals surface area contributed by atoms with Crippen LogP contribution in [0.2, 0.25) is 0 Å². The van der Waals surface area contributed by atoms with Gasteiger partial charge in [0.2, 0.25) is 11.8 Å². The van der Waals surface area contributed by atoms with Crippen molar-refractivity contribution in [2.45, 2.75) is 22.7 Å². The van der Waals surface area contributed by atoms with E-state index in [-0.39, 0.29) is 17.9 Å². The number of rotatable bonds is 4. The van der Waals surface area contributed by atoms with Gasteiger partial charge in [-0.15, -0.1) is 11.8 Å². The Bertz CT molecular complexity index is 899. The maximum Gasteiger partial charge on any atom is 0.417 e. The molecule has 0 unspecified atom stereocenters. The third kappa shape index (κ3) is 4.68. The van der Waals surface area contributed by atoms with Crippen molar-refractivity contribution < 1.29 is 22.8 Å². The van der Waals surface area contributed by atoms with Crippen LogP contribution in [-0.4, -0.2) is 23.3 Å². The Morgan fingerprint density at radius 1 is 1.19 bits per heavy atom. The van der Waals surface area contributed by atoms with Crippen molar-refractivity contribution in [1.82, 2.24) is 5.43 Å². The molecular weight excluding hydrogens is 379 g/mol. The van der Waals surface area contributed by atoms with Crippen molar-refractivity contribution in [3.05, 3.63) is 59.7 Å². The molecular formula is C18H14F3N3O2S. The Morgan fingerprint density at radius 3 is 2.67 bits per heavy atom. The molecule has 5 nitrogen and oxygen atoms in total. The van der Waals surface area contributed by atoms with E-state index in [4.69, 9.17) is 0 Å². The monoisotopic (exact) mass is 393 g/mol. The van der Waals surface area contributed by atoms with Crippen LogP contribution in [0.3, 0.4) is 0 Å². The van der Waals surface area contributed by atoms with Gasteiger partial charge in [-0.1, -0.05) is 30.3 Å². The predicted molar refractivity (Wildman–Crippen MR) is 96.5 cm³/mol. The average Bonchev–Trinajstić information content (AvgIpc) is 2.62. The van der Waals surface area contributed by atoms with Gasteiger partial charge >= 0.3 is 6.18 Å². The van der Waals surface area contributed by atoms with Gasteiger partial charge in [-0.05, 0) is 18.2 Å². The summed E-state index contributed by atoms with van der Waals surface area (Å²) in [5, 5.41) is 5.66. The lowest BCUT2D eigenvalue weighted by atomic mass is 10.1. The summed E-state index contributed by atoms with van der Waals surface area (Å²) in [6.07, 6.45) is -3.73. The van der Waals surface area contributed by atoms with E-state index in [1.165, 1.54) is 30.0 Å². The van der Waals surface area contributed by atoms with Crippen molar-refractivity contribution in [2.75, 3.05) is 5.32 Å². The molecule has 1 heterocycles. The largest absolute Gasteiger partial charge is 0.417 e. The molecule has 1 atom stereocenters. The third-order valence-corrected chi connectivity index (χ3v) is 5.01. The summed E-state index contributed by atoms with van der Waals surface area (Å²) in [5.74, 6) is -0.872. The molecule has 9 heteroatoms. The summed E-state index contributed by atoms with van der Waals surface area (Å²) in [5.41, 5.74) is 1.85. The number of benzene rings is 2. The minimum atomic E-state index is -4.52. The van der Waals surface area contributed by atoms with Crippen molar-refractivity contribution in [3.8, 4) is 0 Å². The Kier molecular flexibility index (Phi) is 5.50. The van der Waals surface area contributed by atoms with Crippen LogP contribution in [0.15, 0.2) is 58.5 Å². The highest BCUT2D eigenvalue weighted by Crippen LogP contribution is 2.36. The maximum absolute atomic E-state index is 12.9. The molecule has 27 heavy (non-hydrogen) atoms. The molecule has 1 aliphatic rings. The molecule has 0 saturated carbocycles. The molecule has 2 aromatic rings. The molecule has 2 N–H and O–H groups in total. The first-order chi connectivity index (χ1) is 12.8. The first-order valence-corrected chi connectivity index (χ1v) is 8.77. The summed E-state index contributed by atoms with van der Waals surface area (Å²) in [6.45, 7) is 0. The number of carbonyl (C=O) groups is 2. The fraction of sp³-hybridized carbons (Fsp3) is 0.167. The average molecular weight is 393 g/mol. The summed E-state index contributed by atoms with van der Waals surface area (Å²) < 4.78 is 38.7. The maximum atomic E-state index is 12.9. The Balaban J connectivity index is 1.61. The summed E-state index contributed by atoms with van der Waals surface area (Å²) in [4.78, 5) is 24.9. The summed E-state index contributed by atoms with van der Waals surface area (Å²) in [7, 11) is 0. The number of nitrogens with zero attached hydrogens (tertiary/aromatic N) is 1. The number of hydrogen-bond acceptors (Lipinski definition) is 4. The van der Waals surface area contributed by atoms with E-state index in [0.29, 0.717) is 5.69 Å². The lowest BCUT2D eigenvalue weighted by molar-refractivity contribution is -0.137. The number of fused-ring (bicyclic) bond motifs is 1. The molecule has 3 rings (SSSR count). The molecule has 2 aromatic carbocycles. The Morgan fingerprint density at radius 2 is 1.89 bits per heavy atom. The van der Waals surface area contributed by atoms with Crippen LogP contribution >= 0.6 is 11.8 Å². The quantitative estimate of drug-likeness (QED) is 0.615. The van der Waals surface area contributed by atoms with E-state index in [9.17, 15) is 22.8 Å². The Labute approximate surface area is 157 Å². The third-order valence-electron chi connectivity index (χ3n) is 3.74. The standard InChI is InChI=1S/C18H14F3N3O2S/c19-18(20,21)12-6-2-1-5-11(12)10-22-24-16(25)9-15-17(26)23-13-7-3-4-8-14(13)27-15/h1-8,10,15H,9H2,(H,23,26)(H,24,25)/b22-10-/t15-/m1/s1. The zero-order chi connectivity index (χ0) is 19.4. The van der Waals surface area contributed by atoms with E-state index in [1.54, 1.807) is 12.1 Å². The van der Waals surface area contributed by atoms with Crippen LogP contribution in [0, 0.1) is 0 Å². The molecule has 1 aliphatic heterocycles. The van der Waals surface area contributed by atoms with Crippen LogP contribution in [0.1, 0.15) is 17.5 Å². The van der Waals surface area contributed by atoms with Gasteiger partial charge in [-0.3, -0.25) is 9.59 Å². The topological polar surface area (TPSA) is 70.6 Å². The van der Waals surface area contributed by atoms with Gasteiger partial charge < -0.3 is 5.32 Å². The Hall–Kier alpha value is -2.81. The van der Waals surface area contributed by atoms with Gasteiger partial charge in [-0.25, -0.2) is 5.43 Å². The van der Waals surface area contributed by atoms with E-state index in [2.05, 4.69) is 15.8 Å². The molecule has 0 bridgehead atoms. The van der Waals surface area contributed by atoms with Gasteiger partial charge in [0.25, 0.3) is 0 Å². The van der Waals surface area contributed by atoms with Crippen LogP contribution in [0.4, 0.5) is 18.9 Å². The normalized spacial score (nSPS) is 16.7. The van der Waals surface area contributed by atoms with Crippen molar-refractivity contribution in [1.29, 1.82) is 0 Å². The summed E-state index contributed by atoms with van der Waals surface area (Å²) in [6, 6.07) is 12.1. The van der Waals surface area contributed by atoms with Crippen LogP contribution in [-0.2, 0) is 15.8 Å². The van der Waals surface area contributed by atoms with Gasteiger partial charge in [0.1, 0.15) is 0 Å². The fourth-order valence-corrected chi connectivity index (χ4v) is 3.59. The smallest absolute Gasteiger partial charge is 0.324 e. The van der Waals surface area contributed by atoms with Gasteiger partial charge in [0.05, 0.1) is 22.7 Å². The van der Waals surface area contributed by atoms with Crippen molar-refractivity contribution in [2.24, 2.45) is 5.10 Å². The van der Waals surface area contributed by atoms with Crippen molar-refractivity contribution >= 4 is 35.5 Å². The molecule has 2 amide bonds. The van der Waals surface area contributed by atoms with Gasteiger partial charge in [0, 0.05) is 16.9 Å². The number of thioether (sulfide) groups is 1. The zero-order valence-corrected chi connectivity index (χ0v) is 14.6. The van der Waals surface area contributed by atoms with Gasteiger partial charge in [-0.2, -0.15) is 18.3 Å². The van der Waals surface area contributed by atoms with Gasteiger partial charge in [0.15, 0.2) is 0 Å². The SMILES string of the molecule is O=C(C[C@H]1Sc2ccccc2NC1=O)N/N=C\c1ccccc1C(F)(F)F. The lowest BCUT2D eigenvalue weighted by Gasteiger charge is -2.23. The number of halogens is 3. The second kappa shape index (κ2) is 7.83. The number of para-hydroxylation sites is 1. The van der Waals surface area contributed by atoms with E-state index < -0.39 is 22.9 Å². The minimum absolute atomic E-state index is 0.150. The highest BCUT2D eigenvalue weighted by molar-refractivity contribution is 8.01. The minimum Gasteiger partial charge on any atom is -0.324 e. The van der Waals surface area contributed by atoms with Crippen LogP contribution < -0.4 is 10.7 Å².